The number of amides is 1. The Labute approximate surface area is 202 Å². The first kappa shape index (κ1) is 21.7. The SMILES string of the molecule is COc1ccc(-n2c(C3CCCCN3C(=O)c3c(C)cccc3Br)nc3ccccc32)cc1. The van der Waals surface area contributed by atoms with Crippen molar-refractivity contribution in [3.05, 3.63) is 88.2 Å². The Bertz CT molecular complexity index is 1290. The number of benzene rings is 3. The van der Waals surface area contributed by atoms with Crippen molar-refractivity contribution in [1.29, 1.82) is 0 Å². The van der Waals surface area contributed by atoms with Gasteiger partial charge < -0.3 is 9.64 Å². The number of hydrogen-bond donors (Lipinski definition) is 0. The van der Waals surface area contributed by atoms with Crippen LogP contribution in [0.15, 0.2) is 71.2 Å². The number of aryl methyl sites for hydroxylation is 1. The van der Waals surface area contributed by atoms with Gasteiger partial charge in [0.15, 0.2) is 0 Å². The molecule has 0 aliphatic carbocycles. The maximum Gasteiger partial charge on any atom is 0.255 e. The molecule has 1 unspecified atom stereocenters. The lowest BCUT2D eigenvalue weighted by molar-refractivity contribution is 0.0597. The summed E-state index contributed by atoms with van der Waals surface area (Å²) in [5, 5.41) is 0. The number of nitrogens with zero attached hydrogens (tertiary/aromatic N) is 3. The Balaban J connectivity index is 1.64. The molecule has 1 aliphatic rings. The van der Waals surface area contributed by atoms with E-state index in [2.05, 4.69) is 26.6 Å². The molecule has 3 aromatic carbocycles. The van der Waals surface area contributed by atoms with Crippen molar-refractivity contribution < 1.29 is 9.53 Å². The maximum atomic E-state index is 13.8. The number of piperidine rings is 1. The summed E-state index contributed by atoms with van der Waals surface area (Å²) in [6.45, 7) is 2.71. The van der Waals surface area contributed by atoms with Crippen LogP contribution in [0.3, 0.4) is 0 Å². The van der Waals surface area contributed by atoms with E-state index >= 15 is 0 Å². The highest BCUT2D eigenvalue weighted by molar-refractivity contribution is 9.10. The number of likely N-dealkylation sites (tertiary alicyclic amines) is 1. The molecule has 0 saturated carbocycles. The Morgan fingerprint density at radius 1 is 1.03 bits per heavy atom. The van der Waals surface area contributed by atoms with Crippen molar-refractivity contribution >= 4 is 32.9 Å². The van der Waals surface area contributed by atoms with Gasteiger partial charge in [0.25, 0.3) is 5.91 Å². The number of halogens is 1. The minimum Gasteiger partial charge on any atom is -0.497 e. The topological polar surface area (TPSA) is 47.4 Å². The fraction of sp³-hybridized carbons (Fsp3) is 0.259. The van der Waals surface area contributed by atoms with E-state index in [0.29, 0.717) is 0 Å². The van der Waals surface area contributed by atoms with E-state index < -0.39 is 0 Å². The summed E-state index contributed by atoms with van der Waals surface area (Å²) in [7, 11) is 1.67. The first-order valence-electron chi connectivity index (χ1n) is 11.3. The van der Waals surface area contributed by atoms with Crippen molar-refractivity contribution in [3.63, 3.8) is 0 Å². The predicted molar refractivity (Wildman–Crippen MR) is 134 cm³/mol. The number of para-hydroxylation sites is 2. The van der Waals surface area contributed by atoms with Crippen LogP contribution in [-0.4, -0.2) is 34.0 Å². The standard InChI is InChI=1S/C27H26BrN3O2/c1-18-8-7-9-21(28)25(18)27(32)30-17-6-5-12-24(30)26-29-22-10-3-4-11-23(22)31(26)19-13-15-20(33-2)16-14-19/h3-4,7-11,13-16,24H,5-6,12,17H2,1-2H3. The van der Waals surface area contributed by atoms with Gasteiger partial charge in [0, 0.05) is 16.7 Å². The molecule has 5 rings (SSSR count). The van der Waals surface area contributed by atoms with E-state index in [0.717, 1.165) is 69.7 Å². The van der Waals surface area contributed by atoms with E-state index in [9.17, 15) is 4.79 Å². The summed E-state index contributed by atoms with van der Waals surface area (Å²) >= 11 is 3.60. The Kier molecular flexibility index (Phi) is 5.94. The molecule has 0 radical (unpaired) electrons. The van der Waals surface area contributed by atoms with Crippen LogP contribution in [0.25, 0.3) is 16.7 Å². The lowest BCUT2D eigenvalue weighted by Crippen LogP contribution is -2.40. The van der Waals surface area contributed by atoms with Crippen LogP contribution >= 0.6 is 15.9 Å². The van der Waals surface area contributed by atoms with Crippen molar-refractivity contribution in [1.82, 2.24) is 14.5 Å². The van der Waals surface area contributed by atoms with Crippen molar-refractivity contribution in [3.8, 4) is 11.4 Å². The van der Waals surface area contributed by atoms with Crippen LogP contribution < -0.4 is 4.74 Å². The third kappa shape index (κ3) is 3.93. The van der Waals surface area contributed by atoms with Gasteiger partial charge in [0.1, 0.15) is 11.6 Å². The summed E-state index contributed by atoms with van der Waals surface area (Å²) in [6, 6.07) is 22.0. The molecule has 1 fully saturated rings. The monoisotopic (exact) mass is 503 g/mol. The number of fused-ring (bicyclic) bond motifs is 1. The normalized spacial score (nSPS) is 16.2. The van der Waals surface area contributed by atoms with Crippen molar-refractivity contribution in [2.75, 3.05) is 13.7 Å². The average molecular weight is 504 g/mol. The van der Waals surface area contributed by atoms with Gasteiger partial charge in [-0.15, -0.1) is 0 Å². The van der Waals surface area contributed by atoms with Gasteiger partial charge in [0.05, 0.1) is 29.7 Å². The van der Waals surface area contributed by atoms with Crippen LogP contribution in [0.2, 0.25) is 0 Å². The van der Waals surface area contributed by atoms with Crippen LogP contribution in [0, 0.1) is 6.92 Å². The quantitative estimate of drug-likeness (QED) is 0.320. The smallest absolute Gasteiger partial charge is 0.255 e. The molecule has 1 aromatic heterocycles. The zero-order chi connectivity index (χ0) is 22.9. The molecule has 2 heterocycles. The van der Waals surface area contributed by atoms with Gasteiger partial charge in [-0.1, -0.05) is 24.3 Å². The lowest BCUT2D eigenvalue weighted by atomic mass is 9.98. The van der Waals surface area contributed by atoms with Gasteiger partial charge in [-0.2, -0.15) is 0 Å². The van der Waals surface area contributed by atoms with E-state index in [1.165, 1.54) is 0 Å². The Morgan fingerprint density at radius 2 is 1.82 bits per heavy atom. The third-order valence-electron chi connectivity index (χ3n) is 6.41. The number of methoxy groups -OCH3 is 1. The first-order valence-corrected chi connectivity index (χ1v) is 12.1. The second-order valence-corrected chi connectivity index (χ2v) is 9.29. The van der Waals surface area contributed by atoms with Crippen molar-refractivity contribution in [2.24, 2.45) is 0 Å². The summed E-state index contributed by atoms with van der Waals surface area (Å²) in [5.41, 5.74) is 4.68. The molecular formula is C27H26BrN3O2. The number of carbonyl (C=O) groups excluding carboxylic acids is 1. The van der Waals surface area contributed by atoms with E-state index in [1.54, 1.807) is 7.11 Å². The summed E-state index contributed by atoms with van der Waals surface area (Å²) < 4.78 is 8.38. The van der Waals surface area contributed by atoms with Gasteiger partial charge in [-0.3, -0.25) is 9.36 Å². The molecule has 168 valence electrons. The maximum absolute atomic E-state index is 13.8. The molecule has 6 heteroatoms. The van der Waals surface area contributed by atoms with Gasteiger partial charge in [-0.25, -0.2) is 4.98 Å². The highest BCUT2D eigenvalue weighted by Gasteiger charge is 2.34. The Hall–Kier alpha value is -3.12. The number of rotatable bonds is 4. The molecule has 4 aromatic rings. The molecule has 0 N–H and O–H groups in total. The van der Waals surface area contributed by atoms with Gasteiger partial charge >= 0.3 is 0 Å². The number of carbonyl (C=O) groups is 1. The predicted octanol–water partition coefficient (Wildman–Crippen LogP) is 6.47. The van der Waals surface area contributed by atoms with Crippen LogP contribution in [0.4, 0.5) is 0 Å². The van der Waals surface area contributed by atoms with Crippen molar-refractivity contribution in [2.45, 2.75) is 32.2 Å². The molecule has 0 bridgehead atoms. The third-order valence-corrected chi connectivity index (χ3v) is 7.08. The molecule has 1 amide bonds. The molecule has 5 nitrogen and oxygen atoms in total. The van der Waals surface area contributed by atoms with Crippen LogP contribution in [0.1, 0.15) is 47.1 Å². The van der Waals surface area contributed by atoms with Gasteiger partial charge in [0.2, 0.25) is 0 Å². The van der Waals surface area contributed by atoms with E-state index in [1.807, 2.05) is 72.5 Å². The molecular weight excluding hydrogens is 478 g/mol. The summed E-state index contributed by atoms with van der Waals surface area (Å²) in [4.78, 5) is 20.9. The summed E-state index contributed by atoms with van der Waals surface area (Å²) in [5.74, 6) is 1.76. The number of hydrogen-bond acceptors (Lipinski definition) is 3. The highest BCUT2D eigenvalue weighted by atomic mass is 79.9. The fourth-order valence-corrected chi connectivity index (χ4v) is 5.40. The van der Waals surface area contributed by atoms with Crippen LogP contribution in [-0.2, 0) is 0 Å². The number of ether oxygens (including phenoxy) is 1. The molecule has 1 aliphatic heterocycles. The Morgan fingerprint density at radius 3 is 2.58 bits per heavy atom. The highest BCUT2D eigenvalue weighted by Crippen LogP contribution is 2.36. The first-order chi connectivity index (χ1) is 16.1. The lowest BCUT2D eigenvalue weighted by Gasteiger charge is -2.36. The second kappa shape index (κ2) is 9.02. The molecule has 0 spiro atoms. The zero-order valence-corrected chi connectivity index (χ0v) is 20.4. The molecule has 1 atom stereocenters. The van der Waals surface area contributed by atoms with Crippen LogP contribution in [0.5, 0.6) is 5.75 Å². The molecule has 33 heavy (non-hydrogen) atoms. The second-order valence-electron chi connectivity index (χ2n) is 8.43. The summed E-state index contributed by atoms with van der Waals surface area (Å²) in [6.07, 6.45) is 2.94. The van der Waals surface area contributed by atoms with Gasteiger partial charge in [-0.05, 0) is 90.1 Å². The minimum atomic E-state index is -0.104. The fourth-order valence-electron chi connectivity index (χ4n) is 4.76. The number of aromatic nitrogens is 2. The van der Waals surface area contributed by atoms with E-state index in [4.69, 9.17) is 9.72 Å². The number of imidazole rings is 1. The average Bonchev–Trinajstić information content (AvgIpc) is 3.23. The zero-order valence-electron chi connectivity index (χ0n) is 18.8. The minimum absolute atomic E-state index is 0.0537. The molecule has 1 saturated heterocycles. The largest absolute Gasteiger partial charge is 0.497 e. The van der Waals surface area contributed by atoms with E-state index in [-0.39, 0.29) is 11.9 Å².